The Kier molecular flexibility index (Phi) is 13.5. The molecule has 2 aromatic rings. The molecular weight excluding hydrogens is 605 g/mol. The van der Waals surface area contributed by atoms with Crippen LogP contribution in [0.5, 0.6) is 0 Å². The van der Waals surface area contributed by atoms with E-state index < -0.39 is 21.7 Å². The maximum absolute atomic E-state index is 13.9. The van der Waals surface area contributed by atoms with Gasteiger partial charge in [0, 0.05) is 73.7 Å². The van der Waals surface area contributed by atoms with Gasteiger partial charge in [-0.1, -0.05) is 39.3 Å². The monoisotopic (exact) mass is 662 g/mol. The lowest BCUT2D eigenvalue weighted by atomic mass is 9.93. The van der Waals surface area contributed by atoms with Crippen molar-refractivity contribution in [3.05, 3.63) is 36.4 Å². The van der Waals surface area contributed by atoms with Crippen LogP contribution < -0.4 is 0 Å². The number of carbonyl (C=O) groups is 2. The molecule has 1 saturated heterocycles. The van der Waals surface area contributed by atoms with Crippen molar-refractivity contribution in [2.24, 2.45) is 5.92 Å². The van der Waals surface area contributed by atoms with Crippen LogP contribution in [0.3, 0.4) is 0 Å². The molecule has 0 saturated carbocycles. The Morgan fingerprint density at radius 2 is 1.31 bits per heavy atom. The van der Waals surface area contributed by atoms with Crippen molar-refractivity contribution in [2.45, 2.75) is 124 Å². The highest BCUT2D eigenvalue weighted by atomic mass is 28.3. The van der Waals surface area contributed by atoms with Gasteiger partial charge in [0.15, 0.2) is 0 Å². The summed E-state index contributed by atoms with van der Waals surface area (Å²) >= 11 is 0. The minimum atomic E-state index is -1.19. The molecule has 0 aliphatic carbocycles. The molecule has 0 spiro atoms. The van der Waals surface area contributed by atoms with Crippen LogP contribution in [0.25, 0.3) is 0 Å². The van der Waals surface area contributed by atoms with E-state index in [1.807, 2.05) is 47.2 Å². The highest BCUT2D eigenvalue weighted by Crippen LogP contribution is 2.24. The Bertz CT molecular complexity index is 1140. The number of hydrogen-bond donors (Lipinski definition) is 0. The first-order valence-electron chi connectivity index (χ1n) is 16.4. The van der Waals surface area contributed by atoms with E-state index in [0.717, 1.165) is 36.6 Å². The van der Waals surface area contributed by atoms with Crippen molar-refractivity contribution in [3.63, 3.8) is 0 Å². The highest BCUT2D eigenvalue weighted by Gasteiger charge is 2.29. The van der Waals surface area contributed by atoms with Gasteiger partial charge in [0.05, 0.1) is 13.1 Å². The molecule has 2 amide bonds. The van der Waals surface area contributed by atoms with Gasteiger partial charge < -0.3 is 33.1 Å². The molecule has 0 N–H and O–H groups in total. The van der Waals surface area contributed by atoms with Crippen molar-refractivity contribution >= 4 is 28.1 Å². The van der Waals surface area contributed by atoms with Gasteiger partial charge in [-0.25, -0.2) is 14.8 Å². The van der Waals surface area contributed by atoms with Gasteiger partial charge in [-0.3, -0.25) is 4.79 Å². The summed E-state index contributed by atoms with van der Waals surface area (Å²) in [4.78, 5) is 39.3. The maximum Gasteiger partial charge on any atom is 0.410 e. The lowest BCUT2D eigenvalue weighted by Gasteiger charge is -2.34. The van der Waals surface area contributed by atoms with Gasteiger partial charge >= 0.3 is 6.09 Å². The smallest absolute Gasteiger partial charge is 0.410 e. The van der Waals surface area contributed by atoms with Crippen LogP contribution in [-0.4, -0.2) is 89.0 Å². The number of rotatable bonds is 16. The molecule has 0 unspecified atom stereocenters. The van der Waals surface area contributed by atoms with E-state index in [0.29, 0.717) is 59.3 Å². The molecule has 3 heterocycles. The molecule has 1 fully saturated rings. The van der Waals surface area contributed by atoms with Gasteiger partial charge in [-0.2, -0.15) is 0 Å². The van der Waals surface area contributed by atoms with E-state index in [-0.39, 0.29) is 17.9 Å². The number of likely N-dealkylation sites (tertiary alicyclic amines) is 1. The van der Waals surface area contributed by atoms with Crippen LogP contribution in [-0.2, 0) is 45.6 Å². The summed E-state index contributed by atoms with van der Waals surface area (Å²) < 4.78 is 21.5. The summed E-state index contributed by atoms with van der Waals surface area (Å²) in [6, 6.07) is 2.19. The molecule has 1 aliphatic heterocycles. The Hall–Kier alpha value is -2.49. The van der Waals surface area contributed by atoms with Gasteiger partial charge in [0.2, 0.25) is 5.91 Å². The van der Waals surface area contributed by atoms with E-state index in [1.165, 1.54) is 0 Å². The topological polar surface area (TPSA) is 104 Å². The zero-order chi connectivity index (χ0) is 33.3. The predicted octanol–water partition coefficient (Wildman–Crippen LogP) is 6.27. The third-order valence-corrected chi connectivity index (χ3v) is 11.2. The number of piperidine rings is 1. The SMILES string of the molecule is CC(C)(C)OC(=O)N1CCC(CC(=O)N(Cc2nccn2COCC[Si](C)(C)C)Cc2nccn2COCC[Si](C)(C)C)CC1. The average molecular weight is 663 g/mol. The van der Waals surface area contributed by atoms with Crippen LogP contribution in [0.2, 0.25) is 51.4 Å². The van der Waals surface area contributed by atoms with Gasteiger partial charge in [0.1, 0.15) is 30.7 Å². The molecule has 2 aromatic heterocycles. The Balaban J connectivity index is 1.67. The number of carbonyl (C=O) groups excluding carboxylic acids is 2. The zero-order valence-electron chi connectivity index (χ0n) is 29.3. The van der Waals surface area contributed by atoms with Gasteiger partial charge in [-0.05, 0) is 51.6 Å². The van der Waals surface area contributed by atoms with E-state index in [2.05, 4.69) is 49.3 Å². The van der Waals surface area contributed by atoms with Crippen LogP contribution in [0.15, 0.2) is 24.8 Å². The first kappa shape index (κ1) is 37.0. The van der Waals surface area contributed by atoms with Crippen molar-refractivity contribution in [1.82, 2.24) is 28.9 Å². The van der Waals surface area contributed by atoms with E-state index in [9.17, 15) is 9.59 Å². The second-order valence-corrected chi connectivity index (χ2v) is 26.9. The van der Waals surface area contributed by atoms with Crippen molar-refractivity contribution < 1.29 is 23.8 Å². The largest absolute Gasteiger partial charge is 0.444 e. The minimum absolute atomic E-state index is 0.0501. The lowest BCUT2D eigenvalue weighted by molar-refractivity contribution is -0.134. The van der Waals surface area contributed by atoms with Crippen LogP contribution >= 0.6 is 0 Å². The number of imidazole rings is 2. The second-order valence-electron chi connectivity index (χ2n) is 15.7. The number of hydrogen-bond acceptors (Lipinski definition) is 7. The fourth-order valence-corrected chi connectivity index (χ4v) is 6.41. The maximum atomic E-state index is 13.9. The minimum Gasteiger partial charge on any atom is -0.444 e. The first-order chi connectivity index (χ1) is 21.0. The summed E-state index contributed by atoms with van der Waals surface area (Å²) in [6.45, 7) is 23.8. The molecule has 0 radical (unpaired) electrons. The van der Waals surface area contributed by atoms with Crippen molar-refractivity contribution in [3.8, 4) is 0 Å². The zero-order valence-corrected chi connectivity index (χ0v) is 31.3. The van der Waals surface area contributed by atoms with Gasteiger partial charge in [-0.15, -0.1) is 0 Å². The normalized spacial score (nSPS) is 15.0. The highest BCUT2D eigenvalue weighted by molar-refractivity contribution is 6.76. The lowest BCUT2D eigenvalue weighted by Crippen LogP contribution is -2.42. The third-order valence-electron chi connectivity index (χ3n) is 7.80. The molecular formula is C32H58N6O5Si2. The van der Waals surface area contributed by atoms with E-state index in [4.69, 9.17) is 14.2 Å². The Morgan fingerprint density at radius 3 is 1.73 bits per heavy atom. The molecule has 45 heavy (non-hydrogen) atoms. The summed E-state index contributed by atoms with van der Waals surface area (Å²) in [5.41, 5.74) is -0.527. The summed E-state index contributed by atoms with van der Waals surface area (Å²) in [5, 5.41) is 0. The fourth-order valence-electron chi connectivity index (χ4n) is 4.90. The van der Waals surface area contributed by atoms with Crippen LogP contribution in [0.4, 0.5) is 4.79 Å². The number of amides is 2. The Morgan fingerprint density at radius 1 is 0.844 bits per heavy atom. The van der Waals surface area contributed by atoms with Gasteiger partial charge in [0.25, 0.3) is 0 Å². The molecule has 1 aliphatic rings. The van der Waals surface area contributed by atoms with Crippen LogP contribution in [0, 0.1) is 5.92 Å². The Labute approximate surface area is 272 Å². The van der Waals surface area contributed by atoms with E-state index >= 15 is 0 Å². The third kappa shape index (κ3) is 13.8. The number of nitrogens with zero attached hydrogens (tertiary/aromatic N) is 6. The molecule has 0 atom stereocenters. The molecule has 0 aromatic carbocycles. The molecule has 13 heteroatoms. The quantitative estimate of drug-likeness (QED) is 0.154. The fraction of sp³-hybridized carbons (Fsp3) is 0.750. The molecule has 3 rings (SSSR count). The molecule has 254 valence electrons. The molecule has 11 nitrogen and oxygen atoms in total. The van der Waals surface area contributed by atoms with E-state index in [1.54, 1.807) is 17.3 Å². The first-order valence-corrected chi connectivity index (χ1v) is 23.8. The van der Waals surface area contributed by atoms with Crippen LogP contribution in [0.1, 0.15) is 51.7 Å². The second kappa shape index (κ2) is 16.4. The average Bonchev–Trinajstić information content (AvgIpc) is 3.56. The summed E-state index contributed by atoms with van der Waals surface area (Å²) in [7, 11) is -2.38. The number of ether oxygens (including phenoxy) is 3. The summed E-state index contributed by atoms with van der Waals surface area (Å²) in [6.07, 6.45) is 8.99. The standard InChI is InChI=1S/C32H58N6O5Si2/c1-32(2,3)43-31(40)35-14-10-27(11-15-35)22-30(39)38(23-28-33-12-16-36(28)25-41-18-20-44(4,5)6)24-29-34-13-17-37(29)26-42-19-21-45(7,8)9/h12-13,16-17,27H,10-11,14-15,18-26H2,1-9H3. The summed E-state index contributed by atoms with van der Waals surface area (Å²) in [5.74, 6) is 1.79. The van der Waals surface area contributed by atoms with Crippen molar-refractivity contribution in [2.75, 3.05) is 26.3 Å². The number of aromatic nitrogens is 4. The predicted molar refractivity (Wildman–Crippen MR) is 182 cm³/mol. The van der Waals surface area contributed by atoms with Crippen molar-refractivity contribution in [1.29, 1.82) is 0 Å². The molecule has 0 bridgehead atoms.